The van der Waals surface area contributed by atoms with Gasteiger partial charge in [-0.2, -0.15) is 0 Å². The topological polar surface area (TPSA) is 66.0 Å². The van der Waals surface area contributed by atoms with E-state index in [9.17, 15) is 13.0 Å². The fraction of sp³-hybridized carbons (Fsp3) is 0.300. The summed E-state index contributed by atoms with van der Waals surface area (Å²) in [4.78, 5) is -0.178. The third kappa shape index (κ3) is 7.85. The number of nitrogens with zero attached hydrogens (tertiary/aromatic N) is 2. The van der Waals surface area contributed by atoms with Crippen LogP contribution in [0, 0.1) is 27.7 Å². The summed E-state index contributed by atoms with van der Waals surface area (Å²) < 4.78 is 35.8. The van der Waals surface area contributed by atoms with Crippen LogP contribution in [0.4, 0.5) is 0 Å². The monoisotopic (exact) mass is 536 g/mol. The molecule has 0 spiro atoms. The van der Waals surface area contributed by atoms with Gasteiger partial charge in [0.25, 0.3) is 0 Å². The predicted molar refractivity (Wildman–Crippen MR) is 152 cm³/mol. The molecule has 1 aromatic heterocycles. The van der Waals surface area contributed by atoms with E-state index in [2.05, 4.69) is 112 Å². The molecule has 0 N–H and O–H groups in total. The third-order valence-electron chi connectivity index (χ3n) is 6.08. The first-order chi connectivity index (χ1) is 17.3. The van der Waals surface area contributed by atoms with E-state index in [-0.39, 0.29) is 18.0 Å². The highest BCUT2D eigenvalue weighted by Gasteiger charge is 2.28. The van der Waals surface area contributed by atoms with Crippen LogP contribution in [0.2, 0.25) is 0 Å². The number of aromatic nitrogens is 2. The van der Waals surface area contributed by atoms with Crippen LogP contribution in [0.15, 0.2) is 90.3 Å². The molecule has 0 radical (unpaired) electrons. The van der Waals surface area contributed by atoms with Gasteiger partial charge in [0.2, 0.25) is 6.33 Å². The number of rotatable bonds is 5. The molecule has 196 valence electrons. The standard InChI is InChI=1S/C23H30N2P.C7H8O3S/c1-18-14-19(2)22(20(3)15-18)25-13-12-24(16-25)17-26(23(4,5)6)21-10-8-7-9-11-21;1-6-2-4-7(5-3-6)11(8,9)10/h7-16H,17H2,1-6H3;2-5H,1H3,(H,8,9,10)/q+1;/p-1. The number of hydrogen-bond donors (Lipinski definition) is 0. The quantitative estimate of drug-likeness (QED) is 0.175. The maximum atomic E-state index is 10.4. The summed E-state index contributed by atoms with van der Waals surface area (Å²) in [5.74, 6) is 0. The lowest BCUT2D eigenvalue weighted by atomic mass is 10.1. The van der Waals surface area contributed by atoms with Crippen molar-refractivity contribution >= 4 is 23.3 Å². The van der Waals surface area contributed by atoms with E-state index in [4.69, 9.17) is 0 Å². The number of benzene rings is 3. The molecule has 1 atom stereocenters. The van der Waals surface area contributed by atoms with Gasteiger partial charge in [-0.15, -0.1) is 0 Å². The molecule has 37 heavy (non-hydrogen) atoms. The zero-order valence-electron chi connectivity index (χ0n) is 22.8. The summed E-state index contributed by atoms with van der Waals surface area (Å²) in [5.41, 5.74) is 6.20. The first kappa shape index (κ1) is 28.8. The number of aryl methyl sites for hydroxylation is 4. The Labute approximate surface area is 223 Å². The number of imidazole rings is 1. The van der Waals surface area contributed by atoms with E-state index < -0.39 is 10.1 Å². The maximum Gasteiger partial charge on any atom is 0.249 e. The molecule has 4 aromatic rings. The predicted octanol–water partition coefficient (Wildman–Crippen LogP) is 6.15. The van der Waals surface area contributed by atoms with Gasteiger partial charge in [-0.1, -0.05) is 86.5 Å². The molecule has 0 aliphatic heterocycles. The van der Waals surface area contributed by atoms with Crippen molar-refractivity contribution in [2.45, 2.75) is 64.8 Å². The minimum Gasteiger partial charge on any atom is -0.744 e. The van der Waals surface area contributed by atoms with E-state index in [0.29, 0.717) is 0 Å². The van der Waals surface area contributed by atoms with Gasteiger partial charge in [-0.05, 0) is 69.3 Å². The Kier molecular flexibility index (Phi) is 9.12. The second-order valence-corrected chi connectivity index (χ2v) is 14.8. The van der Waals surface area contributed by atoms with E-state index >= 15 is 0 Å². The van der Waals surface area contributed by atoms with Gasteiger partial charge in [-0.3, -0.25) is 0 Å². The Balaban J connectivity index is 0.000000289. The van der Waals surface area contributed by atoms with Crippen LogP contribution in [-0.2, 0) is 16.4 Å². The minimum atomic E-state index is -4.27. The van der Waals surface area contributed by atoms with E-state index in [0.717, 1.165) is 11.8 Å². The van der Waals surface area contributed by atoms with Crippen LogP contribution in [0.25, 0.3) is 5.69 Å². The Morgan fingerprint density at radius 2 is 1.43 bits per heavy atom. The van der Waals surface area contributed by atoms with Crippen LogP contribution in [0.5, 0.6) is 0 Å². The summed E-state index contributed by atoms with van der Waals surface area (Å²) in [6, 6.07) is 21.3. The zero-order valence-corrected chi connectivity index (χ0v) is 24.5. The molecule has 0 bridgehead atoms. The fourth-order valence-corrected chi connectivity index (χ4v) is 7.20. The Hall–Kier alpha value is -2.79. The number of hydrogen-bond acceptors (Lipinski definition) is 3. The van der Waals surface area contributed by atoms with Crippen LogP contribution >= 0.6 is 7.92 Å². The van der Waals surface area contributed by atoms with Crippen molar-refractivity contribution in [2.24, 2.45) is 0 Å². The molecule has 0 aliphatic carbocycles. The largest absolute Gasteiger partial charge is 0.744 e. The molecule has 3 aromatic carbocycles. The van der Waals surface area contributed by atoms with E-state index in [1.807, 2.05) is 6.92 Å². The van der Waals surface area contributed by atoms with Gasteiger partial charge in [0.15, 0.2) is 0 Å². The van der Waals surface area contributed by atoms with Crippen molar-refractivity contribution < 1.29 is 17.5 Å². The maximum absolute atomic E-state index is 10.4. The average molecular weight is 537 g/mol. The average Bonchev–Trinajstić information content (AvgIpc) is 3.25. The van der Waals surface area contributed by atoms with Crippen molar-refractivity contribution in [3.63, 3.8) is 0 Å². The van der Waals surface area contributed by atoms with Crippen LogP contribution < -0.4 is 9.87 Å². The lowest BCUT2D eigenvalue weighted by Gasteiger charge is -2.30. The summed E-state index contributed by atoms with van der Waals surface area (Å²) in [5, 5.41) is 1.74. The highest BCUT2D eigenvalue weighted by Crippen LogP contribution is 2.48. The Morgan fingerprint density at radius 3 is 1.95 bits per heavy atom. The van der Waals surface area contributed by atoms with Crippen molar-refractivity contribution in [1.29, 1.82) is 0 Å². The molecule has 5 nitrogen and oxygen atoms in total. The molecule has 0 amide bonds. The second kappa shape index (κ2) is 11.7. The van der Waals surface area contributed by atoms with Gasteiger partial charge in [0.1, 0.15) is 34.5 Å². The molecule has 0 aliphatic rings. The summed E-state index contributed by atoms with van der Waals surface area (Å²) in [7, 11) is -4.57. The third-order valence-corrected chi connectivity index (χ3v) is 10.1. The van der Waals surface area contributed by atoms with Crippen molar-refractivity contribution in [1.82, 2.24) is 4.57 Å². The molecule has 1 unspecified atom stereocenters. The molecule has 4 rings (SSSR count). The second-order valence-electron chi connectivity index (χ2n) is 10.4. The van der Waals surface area contributed by atoms with Gasteiger partial charge >= 0.3 is 0 Å². The lowest BCUT2D eigenvalue weighted by molar-refractivity contribution is -0.676. The first-order valence-electron chi connectivity index (χ1n) is 12.3. The van der Waals surface area contributed by atoms with Crippen LogP contribution in [-0.4, -0.2) is 22.7 Å². The van der Waals surface area contributed by atoms with Gasteiger partial charge < -0.3 is 4.55 Å². The molecule has 1 heterocycles. The normalized spacial score (nSPS) is 12.5. The molecular weight excluding hydrogens is 499 g/mol. The van der Waals surface area contributed by atoms with E-state index in [1.54, 1.807) is 12.1 Å². The molecule has 0 saturated heterocycles. The Bertz CT molecular complexity index is 1420. The first-order valence-corrected chi connectivity index (χ1v) is 15.2. The van der Waals surface area contributed by atoms with Crippen LogP contribution in [0.1, 0.15) is 43.0 Å². The van der Waals surface area contributed by atoms with E-state index in [1.165, 1.54) is 39.8 Å². The highest BCUT2D eigenvalue weighted by atomic mass is 32.2. The highest BCUT2D eigenvalue weighted by molar-refractivity contribution is 7.85. The summed E-state index contributed by atoms with van der Waals surface area (Å²) >= 11 is 0. The van der Waals surface area contributed by atoms with Crippen LogP contribution in [0.3, 0.4) is 0 Å². The van der Waals surface area contributed by atoms with Gasteiger partial charge in [-0.25, -0.2) is 17.6 Å². The van der Waals surface area contributed by atoms with Crippen molar-refractivity contribution in [2.75, 3.05) is 0 Å². The zero-order chi connectivity index (χ0) is 27.4. The van der Waals surface area contributed by atoms with Gasteiger partial charge in [0, 0.05) is 0 Å². The summed E-state index contributed by atoms with van der Waals surface area (Å²) in [6.07, 6.45) is 7.68. The minimum absolute atomic E-state index is 0.178. The molecule has 7 heteroatoms. The van der Waals surface area contributed by atoms with Gasteiger partial charge in [0.05, 0.1) is 4.90 Å². The molecule has 0 saturated carbocycles. The summed E-state index contributed by atoms with van der Waals surface area (Å²) in [6.45, 7) is 15.5. The molecule has 0 fully saturated rings. The molecular formula is C30H37N2O3PS. The SMILES string of the molecule is Cc1cc(C)c(-n2cc[n+](CP(c3ccccc3)C(C)(C)C)c2)c(C)c1.Cc1ccc(S(=O)(=O)[O-])cc1. The smallest absolute Gasteiger partial charge is 0.249 e. The Morgan fingerprint density at radius 1 is 0.865 bits per heavy atom. The fourth-order valence-electron chi connectivity index (χ4n) is 4.35. The van der Waals surface area contributed by atoms with Crippen molar-refractivity contribution in [3.05, 3.63) is 108 Å². The lowest BCUT2D eigenvalue weighted by Crippen LogP contribution is -2.35. The van der Waals surface area contributed by atoms with Crippen molar-refractivity contribution in [3.8, 4) is 5.69 Å².